The van der Waals surface area contributed by atoms with Gasteiger partial charge in [0.1, 0.15) is 0 Å². The fourth-order valence-corrected chi connectivity index (χ4v) is 3.49. The van der Waals surface area contributed by atoms with Crippen molar-refractivity contribution in [2.45, 2.75) is 29.7 Å². The van der Waals surface area contributed by atoms with Crippen molar-refractivity contribution in [1.82, 2.24) is 5.32 Å². The van der Waals surface area contributed by atoms with E-state index >= 15 is 0 Å². The highest BCUT2D eigenvalue weighted by Crippen LogP contribution is 2.33. The van der Waals surface area contributed by atoms with Gasteiger partial charge in [-0.1, -0.05) is 52.3 Å². The topological polar surface area (TPSA) is 12.0 Å². The molecule has 0 aromatic heterocycles. The van der Waals surface area contributed by atoms with Crippen LogP contribution in [0.2, 0.25) is 5.02 Å². The van der Waals surface area contributed by atoms with Crippen molar-refractivity contribution in [3.05, 3.63) is 57.5 Å². The summed E-state index contributed by atoms with van der Waals surface area (Å²) >= 11 is 11.3. The molecule has 0 spiro atoms. The minimum absolute atomic E-state index is 0.776. The Balaban J connectivity index is 2.17. The molecule has 0 radical (unpaired) electrons. The van der Waals surface area contributed by atoms with E-state index in [1.54, 1.807) is 11.8 Å². The maximum absolute atomic E-state index is 6.05. The third kappa shape index (κ3) is 4.81. The molecule has 0 aliphatic carbocycles. The Bertz CT molecular complexity index is 574. The van der Waals surface area contributed by atoms with Gasteiger partial charge in [0.15, 0.2) is 0 Å². The van der Waals surface area contributed by atoms with Gasteiger partial charge in [0, 0.05) is 25.8 Å². The molecule has 0 saturated carbocycles. The first-order valence-electron chi connectivity index (χ1n) is 6.61. The summed E-state index contributed by atoms with van der Waals surface area (Å²) in [6.45, 7) is 4.10. The highest BCUT2D eigenvalue weighted by atomic mass is 79.9. The van der Waals surface area contributed by atoms with E-state index in [0.717, 1.165) is 33.9 Å². The minimum Gasteiger partial charge on any atom is -0.313 e. The van der Waals surface area contributed by atoms with Crippen LogP contribution in [0.5, 0.6) is 0 Å². The fourth-order valence-electron chi connectivity index (χ4n) is 1.84. The highest BCUT2D eigenvalue weighted by molar-refractivity contribution is 9.10. The molecule has 2 rings (SSSR count). The standard InChI is InChI=1S/C16H17BrClNS/c1-2-8-19-11-12-9-13(17)6-7-16(12)20-15-5-3-4-14(18)10-15/h3-7,9-10,19H,2,8,11H2,1H3. The van der Waals surface area contributed by atoms with Crippen LogP contribution in [-0.2, 0) is 6.54 Å². The Labute approximate surface area is 138 Å². The Hall–Kier alpha value is -0.480. The number of halogens is 2. The van der Waals surface area contributed by atoms with Gasteiger partial charge in [-0.15, -0.1) is 0 Å². The number of nitrogens with one attached hydrogen (secondary N) is 1. The summed E-state index contributed by atoms with van der Waals surface area (Å²) in [6.07, 6.45) is 1.14. The smallest absolute Gasteiger partial charge is 0.0417 e. The summed E-state index contributed by atoms with van der Waals surface area (Å²) in [5, 5.41) is 4.23. The molecule has 1 N–H and O–H groups in total. The first-order chi connectivity index (χ1) is 9.69. The molecule has 0 bridgehead atoms. The van der Waals surface area contributed by atoms with Gasteiger partial charge in [0.2, 0.25) is 0 Å². The molecule has 0 amide bonds. The van der Waals surface area contributed by atoms with E-state index in [4.69, 9.17) is 11.6 Å². The first-order valence-corrected chi connectivity index (χ1v) is 8.60. The molecular weight excluding hydrogens is 354 g/mol. The average Bonchev–Trinajstić information content (AvgIpc) is 2.42. The van der Waals surface area contributed by atoms with E-state index in [0.29, 0.717) is 0 Å². The Morgan fingerprint density at radius 1 is 1.20 bits per heavy atom. The van der Waals surface area contributed by atoms with Gasteiger partial charge in [0.05, 0.1) is 0 Å². The first kappa shape index (κ1) is 15.9. The van der Waals surface area contributed by atoms with Crippen LogP contribution in [-0.4, -0.2) is 6.54 Å². The third-order valence-electron chi connectivity index (χ3n) is 2.79. The molecule has 0 atom stereocenters. The van der Waals surface area contributed by atoms with Gasteiger partial charge in [-0.3, -0.25) is 0 Å². The van der Waals surface area contributed by atoms with Gasteiger partial charge in [0.25, 0.3) is 0 Å². The average molecular weight is 371 g/mol. The maximum Gasteiger partial charge on any atom is 0.0417 e. The maximum atomic E-state index is 6.05. The summed E-state index contributed by atoms with van der Waals surface area (Å²) in [5.41, 5.74) is 1.30. The molecule has 4 heteroatoms. The zero-order chi connectivity index (χ0) is 14.4. The summed E-state index contributed by atoms with van der Waals surface area (Å²) < 4.78 is 1.11. The van der Waals surface area contributed by atoms with Crippen LogP contribution in [0.3, 0.4) is 0 Å². The van der Waals surface area contributed by atoms with Crippen molar-refractivity contribution in [3.63, 3.8) is 0 Å². The molecule has 0 fully saturated rings. The van der Waals surface area contributed by atoms with Gasteiger partial charge >= 0.3 is 0 Å². The van der Waals surface area contributed by atoms with E-state index in [-0.39, 0.29) is 0 Å². The van der Waals surface area contributed by atoms with Crippen molar-refractivity contribution < 1.29 is 0 Å². The van der Waals surface area contributed by atoms with Gasteiger partial charge in [-0.05, 0) is 54.9 Å². The van der Waals surface area contributed by atoms with E-state index in [9.17, 15) is 0 Å². The molecule has 0 saturated heterocycles. The third-order valence-corrected chi connectivity index (χ3v) is 4.62. The lowest BCUT2D eigenvalue weighted by Gasteiger charge is -2.11. The summed E-state index contributed by atoms with van der Waals surface area (Å²) in [7, 11) is 0. The zero-order valence-corrected chi connectivity index (χ0v) is 14.5. The van der Waals surface area contributed by atoms with Crippen LogP contribution in [0.4, 0.5) is 0 Å². The Morgan fingerprint density at radius 3 is 2.80 bits per heavy atom. The molecule has 0 aliphatic heterocycles. The quantitative estimate of drug-likeness (QED) is 0.649. The van der Waals surface area contributed by atoms with Gasteiger partial charge in [-0.2, -0.15) is 0 Å². The van der Waals surface area contributed by atoms with Crippen molar-refractivity contribution >= 4 is 39.3 Å². The molecule has 0 heterocycles. The van der Waals surface area contributed by atoms with Crippen LogP contribution in [0.1, 0.15) is 18.9 Å². The number of hydrogen-bond donors (Lipinski definition) is 1. The molecule has 2 aromatic rings. The summed E-state index contributed by atoms with van der Waals surface area (Å²) in [4.78, 5) is 2.43. The van der Waals surface area contributed by atoms with Crippen LogP contribution < -0.4 is 5.32 Å². The fraction of sp³-hybridized carbons (Fsp3) is 0.250. The van der Waals surface area contributed by atoms with Crippen molar-refractivity contribution in [2.24, 2.45) is 0 Å². The zero-order valence-electron chi connectivity index (χ0n) is 11.3. The van der Waals surface area contributed by atoms with Crippen molar-refractivity contribution in [2.75, 3.05) is 6.54 Å². The van der Waals surface area contributed by atoms with E-state index in [1.807, 2.05) is 18.2 Å². The SMILES string of the molecule is CCCNCc1cc(Br)ccc1Sc1cccc(Cl)c1. The number of hydrogen-bond acceptors (Lipinski definition) is 2. The Kier molecular flexibility index (Phi) is 6.43. The largest absolute Gasteiger partial charge is 0.313 e. The lowest BCUT2D eigenvalue weighted by Crippen LogP contribution is -2.14. The predicted molar refractivity (Wildman–Crippen MR) is 91.7 cm³/mol. The molecule has 106 valence electrons. The molecule has 2 aromatic carbocycles. The predicted octanol–water partition coefficient (Wildman–Crippen LogP) is 5.75. The second kappa shape index (κ2) is 8.08. The monoisotopic (exact) mass is 369 g/mol. The lowest BCUT2D eigenvalue weighted by atomic mass is 10.2. The summed E-state index contributed by atoms with van der Waals surface area (Å²) in [6, 6.07) is 14.4. The van der Waals surface area contributed by atoms with Crippen molar-refractivity contribution in [1.29, 1.82) is 0 Å². The number of rotatable bonds is 6. The van der Waals surface area contributed by atoms with E-state index in [2.05, 4.69) is 52.4 Å². The number of benzene rings is 2. The van der Waals surface area contributed by atoms with Crippen LogP contribution in [0.25, 0.3) is 0 Å². The molecule has 0 unspecified atom stereocenters. The second-order valence-electron chi connectivity index (χ2n) is 4.49. The van der Waals surface area contributed by atoms with E-state index in [1.165, 1.54) is 10.5 Å². The van der Waals surface area contributed by atoms with Crippen molar-refractivity contribution in [3.8, 4) is 0 Å². The van der Waals surface area contributed by atoms with Gasteiger partial charge < -0.3 is 5.32 Å². The normalized spacial score (nSPS) is 10.8. The molecule has 0 aliphatic rings. The molecular formula is C16H17BrClNS. The van der Waals surface area contributed by atoms with Crippen LogP contribution >= 0.6 is 39.3 Å². The lowest BCUT2D eigenvalue weighted by molar-refractivity contribution is 0.669. The minimum atomic E-state index is 0.776. The van der Waals surface area contributed by atoms with Crippen LogP contribution in [0.15, 0.2) is 56.7 Å². The summed E-state index contributed by atoms with van der Waals surface area (Å²) in [5.74, 6) is 0. The highest BCUT2D eigenvalue weighted by Gasteiger charge is 2.06. The van der Waals surface area contributed by atoms with E-state index < -0.39 is 0 Å². The molecule has 20 heavy (non-hydrogen) atoms. The van der Waals surface area contributed by atoms with Crippen LogP contribution in [0, 0.1) is 0 Å². The second-order valence-corrected chi connectivity index (χ2v) is 6.96. The Morgan fingerprint density at radius 2 is 2.05 bits per heavy atom. The van der Waals surface area contributed by atoms with Gasteiger partial charge in [-0.25, -0.2) is 0 Å². The molecule has 1 nitrogen and oxygen atoms in total.